The molecular formula is C14H16F3N3O. The fraction of sp³-hybridized carbons (Fsp3) is 0.571. The molecule has 4 nitrogen and oxygen atoms in total. The van der Waals surface area contributed by atoms with Gasteiger partial charge < -0.3 is 10.2 Å². The summed E-state index contributed by atoms with van der Waals surface area (Å²) in [5.41, 5.74) is -0.766. The number of alkyl halides is 3. The summed E-state index contributed by atoms with van der Waals surface area (Å²) in [5.74, 6) is 0.206. The second-order valence-corrected chi connectivity index (χ2v) is 5.60. The van der Waals surface area contributed by atoms with Crippen molar-refractivity contribution in [2.75, 3.05) is 19.6 Å². The molecule has 1 aromatic rings. The maximum absolute atomic E-state index is 12.5. The molecule has 2 saturated heterocycles. The topological polar surface area (TPSA) is 45.2 Å². The minimum absolute atomic E-state index is 0.210. The molecule has 2 fully saturated rings. The van der Waals surface area contributed by atoms with Crippen LogP contribution in [0.5, 0.6) is 0 Å². The minimum Gasteiger partial charge on any atom is -0.337 e. The highest BCUT2D eigenvalue weighted by molar-refractivity contribution is 5.94. The Morgan fingerprint density at radius 1 is 1.33 bits per heavy atom. The van der Waals surface area contributed by atoms with Gasteiger partial charge >= 0.3 is 6.18 Å². The molecular weight excluding hydrogens is 283 g/mol. The van der Waals surface area contributed by atoms with Crippen LogP contribution in [0.25, 0.3) is 0 Å². The van der Waals surface area contributed by atoms with Crippen molar-refractivity contribution < 1.29 is 18.0 Å². The van der Waals surface area contributed by atoms with Gasteiger partial charge in [-0.2, -0.15) is 13.2 Å². The van der Waals surface area contributed by atoms with E-state index in [1.54, 1.807) is 4.90 Å². The number of carbonyl (C=O) groups excluding carboxylic acids is 1. The quantitative estimate of drug-likeness (QED) is 0.862. The summed E-state index contributed by atoms with van der Waals surface area (Å²) < 4.78 is 37.4. The molecule has 1 amide bonds. The first kappa shape index (κ1) is 14.3. The van der Waals surface area contributed by atoms with Gasteiger partial charge in [0.25, 0.3) is 5.91 Å². The predicted octanol–water partition coefficient (Wildman–Crippen LogP) is 1.92. The van der Waals surface area contributed by atoms with Crippen molar-refractivity contribution >= 4 is 5.91 Å². The molecule has 114 valence electrons. The van der Waals surface area contributed by atoms with Crippen LogP contribution in [-0.4, -0.2) is 41.5 Å². The lowest BCUT2D eigenvalue weighted by atomic mass is 9.94. The molecule has 2 aliphatic heterocycles. The van der Waals surface area contributed by atoms with Gasteiger partial charge in [-0.05, 0) is 37.4 Å². The van der Waals surface area contributed by atoms with Gasteiger partial charge in [0.15, 0.2) is 0 Å². The van der Waals surface area contributed by atoms with E-state index in [4.69, 9.17) is 0 Å². The summed E-state index contributed by atoms with van der Waals surface area (Å²) in [6.07, 6.45) is -1.27. The average Bonchev–Trinajstić information content (AvgIpc) is 2.89. The highest BCUT2D eigenvalue weighted by atomic mass is 19.4. The molecule has 21 heavy (non-hydrogen) atoms. The molecule has 0 unspecified atom stereocenters. The van der Waals surface area contributed by atoms with E-state index in [1.807, 2.05) is 0 Å². The fourth-order valence-corrected chi connectivity index (χ4v) is 3.08. The third kappa shape index (κ3) is 2.88. The molecule has 0 radical (unpaired) electrons. The molecule has 0 saturated carbocycles. The van der Waals surface area contributed by atoms with Crippen molar-refractivity contribution in [3.05, 3.63) is 29.6 Å². The third-order valence-electron chi connectivity index (χ3n) is 4.19. The fourth-order valence-electron chi connectivity index (χ4n) is 3.08. The highest BCUT2D eigenvalue weighted by Crippen LogP contribution is 2.28. The predicted molar refractivity (Wildman–Crippen MR) is 69.7 cm³/mol. The van der Waals surface area contributed by atoms with Crippen LogP contribution in [0.4, 0.5) is 13.2 Å². The monoisotopic (exact) mass is 299 g/mol. The summed E-state index contributed by atoms with van der Waals surface area (Å²) >= 11 is 0. The number of aromatic nitrogens is 1. The van der Waals surface area contributed by atoms with Crippen LogP contribution in [0, 0.1) is 5.92 Å². The largest absolute Gasteiger partial charge is 0.433 e. The Morgan fingerprint density at radius 3 is 2.76 bits per heavy atom. The van der Waals surface area contributed by atoms with Crippen LogP contribution in [0.3, 0.4) is 0 Å². The van der Waals surface area contributed by atoms with E-state index in [1.165, 1.54) is 6.07 Å². The van der Waals surface area contributed by atoms with Crippen molar-refractivity contribution in [3.63, 3.8) is 0 Å². The number of amides is 1. The Kier molecular flexibility index (Phi) is 3.61. The van der Waals surface area contributed by atoms with E-state index >= 15 is 0 Å². The Balaban J connectivity index is 1.71. The van der Waals surface area contributed by atoms with Gasteiger partial charge in [0.05, 0.1) is 5.56 Å². The van der Waals surface area contributed by atoms with Crippen LogP contribution in [0.15, 0.2) is 18.3 Å². The lowest BCUT2D eigenvalue weighted by Gasteiger charge is -2.24. The van der Waals surface area contributed by atoms with Crippen LogP contribution >= 0.6 is 0 Å². The summed E-state index contributed by atoms with van der Waals surface area (Å²) in [6.45, 7) is 2.24. The van der Waals surface area contributed by atoms with Gasteiger partial charge in [0, 0.05) is 25.3 Å². The Bertz CT molecular complexity index is 515. The first-order chi connectivity index (χ1) is 9.95. The highest BCUT2D eigenvalue weighted by Gasteiger charge is 2.37. The second kappa shape index (κ2) is 5.29. The van der Waals surface area contributed by atoms with Gasteiger partial charge in [-0.1, -0.05) is 0 Å². The smallest absolute Gasteiger partial charge is 0.337 e. The molecule has 1 N–H and O–H groups in total. The van der Waals surface area contributed by atoms with Crippen molar-refractivity contribution in [3.8, 4) is 0 Å². The maximum Gasteiger partial charge on any atom is 0.433 e. The van der Waals surface area contributed by atoms with Gasteiger partial charge in [-0.25, -0.2) is 0 Å². The van der Waals surface area contributed by atoms with Crippen LogP contribution in [-0.2, 0) is 6.18 Å². The lowest BCUT2D eigenvalue weighted by molar-refractivity contribution is -0.141. The normalized spacial score (nSPS) is 25.8. The SMILES string of the molecule is O=C(c1ccc(C(F)(F)F)nc1)N1C[C@@H]2CCCN[C@@H]2C1. The first-order valence-corrected chi connectivity index (χ1v) is 7.01. The van der Waals surface area contributed by atoms with E-state index in [0.717, 1.165) is 31.6 Å². The standard InChI is InChI=1S/C14H16F3N3O/c15-14(16,17)12-4-3-9(6-19-12)13(21)20-7-10-2-1-5-18-11(10)8-20/h3-4,6,10-11,18H,1-2,5,7-8H2/t10-,11+/m0/s1. The number of likely N-dealkylation sites (tertiary alicyclic amines) is 1. The zero-order chi connectivity index (χ0) is 15.0. The first-order valence-electron chi connectivity index (χ1n) is 7.01. The molecule has 7 heteroatoms. The van der Waals surface area contributed by atoms with E-state index in [0.29, 0.717) is 25.0 Å². The number of nitrogens with zero attached hydrogens (tertiary/aromatic N) is 2. The van der Waals surface area contributed by atoms with Gasteiger partial charge in [0.2, 0.25) is 0 Å². The number of hydrogen-bond donors (Lipinski definition) is 1. The Hall–Kier alpha value is -1.63. The molecule has 2 atom stereocenters. The molecule has 3 rings (SSSR count). The number of halogens is 3. The maximum atomic E-state index is 12.5. The Morgan fingerprint density at radius 2 is 2.14 bits per heavy atom. The zero-order valence-corrected chi connectivity index (χ0v) is 11.4. The number of rotatable bonds is 1. The van der Waals surface area contributed by atoms with Gasteiger partial charge in [-0.3, -0.25) is 9.78 Å². The van der Waals surface area contributed by atoms with Crippen LogP contribution in [0.2, 0.25) is 0 Å². The van der Waals surface area contributed by atoms with E-state index < -0.39 is 11.9 Å². The summed E-state index contributed by atoms with van der Waals surface area (Å²) in [4.78, 5) is 17.4. The van der Waals surface area contributed by atoms with Crippen molar-refractivity contribution in [2.24, 2.45) is 5.92 Å². The van der Waals surface area contributed by atoms with Crippen LogP contribution in [0.1, 0.15) is 28.9 Å². The number of nitrogens with one attached hydrogen (secondary N) is 1. The Labute approximate surface area is 120 Å². The molecule has 0 bridgehead atoms. The molecule has 2 aliphatic rings. The number of carbonyl (C=O) groups is 1. The minimum atomic E-state index is -4.48. The molecule has 1 aromatic heterocycles. The molecule has 0 aliphatic carbocycles. The van der Waals surface area contributed by atoms with Gasteiger partial charge in [0.1, 0.15) is 5.69 Å². The number of hydrogen-bond acceptors (Lipinski definition) is 3. The second-order valence-electron chi connectivity index (χ2n) is 5.60. The van der Waals surface area contributed by atoms with E-state index in [-0.39, 0.29) is 11.5 Å². The number of fused-ring (bicyclic) bond motifs is 1. The molecule has 3 heterocycles. The van der Waals surface area contributed by atoms with Crippen molar-refractivity contribution in [2.45, 2.75) is 25.1 Å². The zero-order valence-electron chi connectivity index (χ0n) is 11.4. The summed E-state index contributed by atoms with van der Waals surface area (Å²) in [6, 6.07) is 2.37. The van der Waals surface area contributed by atoms with Gasteiger partial charge in [-0.15, -0.1) is 0 Å². The molecule has 0 spiro atoms. The van der Waals surface area contributed by atoms with E-state index in [9.17, 15) is 18.0 Å². The summed E-state index contributed by atoms with van der Waals surface area (Å²) in [5, 5.41) is 3.39. The third-order valence-corrected chi connectivity index (χ3v) is 4.19. The number of piperidine rings is 1. The van der Waals surface area contributed by atoms with Crippen LogP contribution < -0.4 is 5.32 Å². The number of pyridine rings is 1. The lowest BCUT2D eigenvalue weighted by Crippen LogP contribution is -2.41. The van der Waals surface area contributed by atoms with Crippen molar-refractivity contribution in [1.82, 2.24) is 15.2 Å². The average molecular weight is 299 g/mol. The van der Waals surface area contributed by atoms with E-state index in [2.05, 4.69) is 10.3 Å². The van der Waals surface area contributed by atoms with Crippen molar-refractivity contribution in [1.29, 1.82) is 0 Å². The molecule has 0 aromatic carbocycles. The summed E-state index contributed by atoms with van der Waals surface area (Å²) in [7, 11) is 0.